The molecule has 0 aromatic rings. The van der Waals surface area contributed by atoms with Gasteiger partial charge in [0.1, 0.15) is 5.75 Å². The number of amides is 1. The number of rotatable bonds is 6. The Balaban J connectivity index is 4.49. The average molecular weight is 372 g/mol. The minimum atomic E-state index is -3.94. The van der Waals surface area contributed by atoms with Crippen LogP contribution in [0, 0.1) is 0 Å². The van der Waals surface area contributed by atoms with Crippen LogP contribution in [-0.2, 0) is 24.3 Å². The van der Waals surface area contributed by atoms with Crippen LogP contribution in [-0.4, -0.2) is 67.8 Å². The molecule has 2 N–H and O–H groups in total. The van der Waals surface area contributed by atoms with Gasteiger partial charge in [-0.3, -0.25) is 15.2 Å². The minimum absolute atomic E-state index is 0.0239. The highest BCUT2D eigenvalue weighted by atomic mass is 32.2. The molecule has 0 saturated carbocycles. The molecule has 22 heavy (non-hydrogen) atoms. The van der Waals surface area contributed by atoms with Crippen LogP contribution in [0.3, 0.4) is 0 Å². The number of ether oxygens (including phenoxy) is 2. The lowest BCUT2D eigenvalue weighted by Crippen LogP contribution is -2.50. The zero-order chi connectivity index (χ0) is 17.3. The third kappa shape index (κ3) is 8.26. The lowest BCUT2D eigenvalue weighted by molar-refractivity contribution is -0.121. The molecule has 0 aliphatic heterocycles. The van der Waals surface area contributed by atoms with Gasteiger partial charge in [0.15, 0.2) is 0 Å². The molecule has 0 aliphatic carbocycles. The number of nitrogens with zero attached hydrogens (tertiary/aromatic N) is 2. The summed E-state index contributed by atoms with van der Waals surface area (Å²) in [5.41, 5.74) is 2.27. The van der Waals surface area contributed by atoms with E-state index in [1.54, 1.807) is 13.8 Å². The first kappa shape index (κ1) is 20.8. The lowest BCUT2D eigenvalue weighted by Gasteiger charge is -2.22. The molecule has 0 heterocycles. The normalized spacial score (nSPS) is 10.5. The summed E-state index contributed by atoms with van der Waals surface area (Å²) in [6.45, 7) is 4.07. The monoisotopic (exact) mass is 372 g/mol. The van der Waals surface area contributed by atoms with E-state index in [9.17, 15) is 13.2 Å². The number of sulfonamides is 1. The van der Waals surface area contributed by atoms with E-state index in [1.165, 1.54) is 14.1 Å². The summed E-state index contributed by atoms with van der Waals surface area (Å²) < 4.78 is 33.6. The molecule has 9 nitrogen and oxygen atoms in total. The SMILES string of the molecule is CCOC(=S)N(C)NC(=O)CS(=O)(=O)NN(C)C(=S)OCC. The van der Waals surface area contributed by atoms with E-state index in [0.29, 0.717) is 13.2 Å². The topological polar surface area (TPSA) is 100 Å². The number of carbonyl (C=O) groups is 1. The molecule has 0 bridgehead atoms. The van der Waals surface area contributed by atoms with Crippen LogP contribution in [0.4, 0.5) is 0 Å². The van der Waals surface area contributed by atoms with Crippen molar-refractivity contribution in [1.29, 1.82) is 0 Å². The third-order valence-corrected chi connectivity index (χ3v) is 3.95. The van der Waals surface area contributed by atoms with Gasteiger partial charge in [0.2, 0.25) is 10.0 Å². The molecular formula is C10H20N4O5S3. The number of thiocarbonyl (C=S) groups is 2. The van der Waals surface area contributed by atoms with Gasteiger partial charge in [0.05, 0.1) is 13.2 Å². The summed E-state index contributed by atoms with van der Waals surface area (Å²) in [7, 11) is -1.14. The number of carbonyl (C=O) groups excluding carboxylic acids is 1. The van der Waals surface area contributed by atoms with Crippen LogP contribution >= 0.6 is 24.4 Å². The fraction of sp³-hybridized carbons (Fsp3) is 0.700. The van der Waals surface area contributed by atoms with E-state index in [0.717, 1.165) is 10.0 Å². The van der Waals surface area contributed by atoms with Crippen LogP contribution in [0.2, 0.25) is 0 Å². The van der Waals surface area contributed by atoms with Crippen molar-refractivity contribution < 1.29 is 22.7 Å². The number of nitrogens with one attached hydrogen (secondary N) is 2. The second-order valence-corrected chi connectivity index (χ2v) is 6.30. The van der Waals surface area contributed by atoms with E-state index in [-0.39, 0.29) is 10.3 Å². The highest BCUT2D eigenvalue weighted by molar-refractivity contribution is 7.90. The third-order valence-electron chi connectivity index (χ3n) is 1.97. The Hall–Kier alpha value is -1.24. The predicted octanol–water partition coefficient (Wildman–Crippen LogP) is -0.642. The van der Waals surface area contributed by atoms with E-state index < -0.39 is 21.7 Å². The van der Waals surface area contributed by atoms with Gasteiger partial charge in [0, 0.05) is 14.1 Å². The summed E-state index contributed by atoms with van der Waals surface area (Å²) in [5.74, 6) is -1.60. The molecule has 0 unspecified atom stereocenters. The second kappa shape index (κ2) is 9.71. The molecule has 128 valence electrons. The maximum absolute atomic E-state index is 11.8. The zero-order valence-corrected chi connectivity index (χ0v) is 15.2. The molecule has 0 saturated heterocycles. The summed E-state index contributed by atoms with van der Waals surface area (Å²) in [6.07, 6.45) is 0. The van der Waals surface area contributed by atoms with Crippen molar-refractivity contribution in [2.75, 3.05) is 33.1 Å². The Labute approximate surface area is 140 Å². The molecule has 0 aromatic heterocycles. The first-order chi connectivity index (χ1) is 10.1. The van der Waals surface area contributed by atoms with Gasteiger partial charge in [-0.2, -0.15) is 0 Å². The Morgan fingerprint density at radius 2 is 1.50 bits per heavy atom. The Bertz CT molecular complexity index is 511. The van der Waals surface area contributed by atoms with Crippen molar-refractivity contribution in [2.24, 2.45) is 0 Å². The van der Waals surface area contributed by atoms with E-state index in [4.69, 9.17) is 33.9 Å². The Kier molecular flexibility index (Phi) is 9.16. The van der Waals surface area contributed by atoms with Gasteiger partial charge in [-0.15, -0.1) is 4.83 Å². The van der Waals surface area contributed by atoms with Gasteiger partial charge >= 0.3 is 0 Å². The van der Waals surface area contributed by atoms with E-state index in [2.05, 4.69) is 10.3 Å². The number of hydrazine groups is 2. The molecular weight excluding hydrogens is 352 g/mol. The first-order valence-corrected chi connectivity index (χ1v) is 8.70. The predicted molar refractivity (Wildman–Crippen MR) is 89.0 cm³/mol. The van der Waals surface area contributed by atoms with Gasteiger partial charge in [-0.05, 0) is 38.3 Å². The van der Waals surface area contributed by atoms with Crippen LogP contribution in [0.1, 0.15) is 13.8 Å². The van der Waals surface area contributed by atoms with Crippen molar-refractivity contribution in [2.45, 2.75) is 13.8 Å². The first-order valence-electron chi connectivity index (χ1n) is 6.23. The standard InChI is InChI=1S/C10H20N4O5S3/c1-5-18-9(20)13(3)11-8(15)7-22(16,17)12-14(4)10(21)19-6-2/h12H,5-7H2,1-4H3,(H,11,15). The molecule has 12 heteroatoms. The van der Waals surface area contributed by atoms with Crippen molar-refractivity contribution in [3.05, 3.63) is 0 Å². The highest BCUT2D eigenvalue weighted by Crippen LogP contribution is 1.93. The average Bonchev–Trinajstić information content (AvgIpc) is 2.37. The summed E-state index contributed by atoms with van der Waals surface area (Å²) >= 11 is 9.68. The molecule has 1 amide bonds. The van der Waals surface area contributed by atoms with Gasteiger partial charge in [-0.1, -0.05) is 0 Å². The van der Waals surface area contributed by atoms with Crippen molar-refractivity contribution in [3.8, 4) is 0 Å². The summed E-state index contributed by atoms with van der Waals surface area (Å²) in [6, 6.07) is 0. The van der Waals surface area contributed by atoms with Crippen molar-refractivity contribution >= 4 is 50.7 Å². The molecule has 0 spiro atoms. The minimum Gasteiger partial charge on any atom is -0.470 e. The van der Waals surface area contributed by atoms with Crippen LogP contribution < -0.4 is 10.3 Å². The highest BCUT2D eigenvalue weighted by Gasteiger charge is 2.21. The van der Waals surface area contributed by atoms with Crippen molar-refractivity contribution in [1.82, 2.24) is 20.3 Å². The zero-order valence-electron chi connectivity index (χ0n) is 12.8. The molecule has 0 aromatic carbocycles. The van der Waals surface area contributed by atoms with Crippen LogP contribution in [0.15, 0.2) is 0 Å². The maximum atomic E-state index is 11.8. The number of hydrogen-bond donors (Lipinski definition) is 2. The fourth-order valence-corrected chi connectivity index (χ4v) is 2.52. The van der Waals surface area contributed by atoms with E-state index in [1.807, 2.05) is 0 Å². The van der Waals surface area contributed by atoms with Crippen LogP contribution in [0.5, 0.6) is 0 Å². The maximum Gasteiger partial charge on any atom is 0.278 e. The summed E-state index contributed by atoms with van der Waals surface area (Å²) in [4.78, 5) is 13.8. The molecule has 0 fully saturated rings. The molecule has 0 rings (SSSR count). The van der Waals surface area contributed by atoms with Crippen LogP contribution in [0.25, 0.3) is 0 Å². The molecule has 0 atom stereocenters. The summed E-state index contributed by atoms with van der Waals surface area (Å²) in [5, 5.41) is 2.08. The van der Waals surface area contributed by atoms with E-state index >= 15 is 0 Å². The Morgan fingerprint density at radius 3 is 1.95 bits per heavy atom. The largest absolute Gasteiger partial charge is 0.470 e. The van der Waals surface area contributed by atoms with Gasteiger partial charge in [0.25, 0.3) is 16.3 Å². The quantitative estimate of drug-likeness (QED) is 0.466. The molecule has 0 radical (unpaired) electrons. The van der Waals surface area contributed by atoms with Crippen molar-refractivity contribution in [3.63, 3.8) is 0 Å². The Morgan fingerprint density at radius 1 is 1.05 bits per heavy atom. The lowest BCUT2D eigenvalue weighted by atomic mass is 10.7. The molecule has 0 aliphatic rings. The second-order valence-electron chi connectivity index (χ2n) is 3.90. The number of hydrogen-bond acceptors (Lipinski definition) is 7. The smallest absolute Gasteiger partial charge is 0.278 e. The van der Waals surface area contributed by atoms with Gasteiger partial charge in [-0.25, -0.2) is 13.4 Å². The van der Waals surface area contributed by atoms with Gasteiger partial charge < -0.3 is 9.47 Å². The fourth-order valence-electron chi connectivity index (χ4n) is 1.16.